The minimum absolute atomic E-state index is 0. The molecule has 3 rings (SSSR count). The largest absolute Gasteiger partial charge is 0.381 e. The van der Waals surface area contributed by atoms with Gasteiger partial charge in [-0.25, -0.2) is 0 Å². The summed E-state index contributed by atoms with van der Waals surface area (Å²) in [5.41, 5.74) is 0.517. The molecule has 19 heavy (non-hydrogen) atoms. The molecule has 1 spiro atoms. The summed E-state index contributed by atoms with van der Waals surface area (Å²) in [5, 5.41) is 3.47. The fraction of sp³-hybridized carbons (Fsp3) is 1.00. The molecule has 0 aliphatic carbocycles. The Kier molecular flexibility index (Phi) is 5.94. The van der Waals surface area contributed by atoms with Crippen molar-refractivity contribution >= 4 is 12.4 Å². The van der Waals surface area contributed by atoms with E-state index in [1.807, 2.05) is 0 Å². The third-order valence-electron chi connectivity index (χ3n) is 5.12. The van der Waals surface area contributed by atoms with Gasteiger partial charge in [-0.1, -0.05) is 0 Å². The van der Waals surface area contributed by atoms with Crippen molar-refractivity contribution in [2.45, 2.75) is 38.5 Å². The average Bonchev–Trinajstić information content (AvgIpc) is 2.41. The second-order valence-corrected chi connectivity index (χ2v) is 6.69. The molecule has 1 N–H and O–H groups in total. The Morgan fingerprint density at radius 2 is 1.95 bits per heavy atom. The van der Waals surface area contributed by atoms with E-state index in [0.717, 1.165) is 19.1 Å². The molecule has 3 saturated heterocycles. The predicted molar refractivity (Wildman–Crippen MR) is 81.0 cm³/mol. The highest BCUT2D eigenvalue weighted by atomic mass is 35.5. The minimum atomic E-state index is 0. The van der Waals surface area contributed by atoms with Gasteiger partial charge in [-0.3, -0.25) is 0 Å². The van der Waals surface area contributed by atoms with Crippen LogP contribution in [0.5, 0.6) is 0 Å². The van der Waals surface area contributed by atoms with Crippen molar-refractivity contribution < 1.29 is 4.74 Å². The Hall–Kier alpha value is 0.170. The molecule has 3 heterocycles. The van der Waals surface area contributed by atoms with Gasteiger partial charge in [0.05, 0.1) is 6.61 Å². The first-order valence-electron chi connectivity index (χ1n) is 7.87. The van der Waals surface area contributed by atoms with E-state index < -0.39 is 0 Å². The Morgan fingerprint density at radius 3 is 2.68 bits per heavy atom. The van der Waals surface area contributed by atoms with Crippen molar-refractivity contribution in [1.29, 1.82) is 0 Å². The Labute approximate surface area is 123 Å². The topological polar surface area (TPSA) is 24.5 Å². The lowest BCUT2D eigenvalue weighted by Gasteiger charge is -2.46. The first kappa shape index (κ1) is 15.6. The first-order chi connectivity index (χ1) is 8.86. The van der Waals surface area contributed by atoms with Crippen LogP contribution in [0.4, 0.5) is 0 Å². The smallest absolute Gasteiger partial charge is 0.0534 e. The van der Waals surface area contributed by atoms with Crippen LogP contribution in [0.3, 0.4) is 0 Å². The summed E-state index contributed by atoms with van der Waals surface area (Å²) in [6.45, 7) is 8.44. The number of piperidine rings is 2. The van der Waals surface area contributed by atoms with Crippen molar-refractivity contribution in [2.24, 2.45) is 11.3 Å². The molecular formula is C15H29ClN2O. The number of rotatable bonds is 2. The van der Waals surface area contributed by atoms with Gasteiger partial charge >= 0.3 is 0 Å². The quantitative estimate of drug-likeness (QED) is 0.844. The molecule has 0 aromatic heterocycles. The van der Waals surface area contributed by atoms with Crippen LogP contribution in [0, 0.1) is 11.3 Å². The molecular weight excluding hydrogens is 260 g/mol. The average molecular weight is 289 g/mol. The van der Waals surface area contributed by atoms with E-state index in [1.54, 1.807) is 0 Å². The third kappa shape index (κ3) is 4.07. The number of likely N-dealkylation sites (tertiary alicyclic amines) is 1. The summed E-state index contributed by atoms with van der Waals surface area (Å²) in [7, 11) is 0. The highest BCUT2D eigenvalue weighted by molar-refractivity contribution is 5.85. The van der Waals surface area contributed by atoms with E-state index in [-0.39, 0.29) is 12.4 Å². The van der Waals surface area contributed by atoms with Gasteiger partial charge in [0, 0.05) is 25.1 Å². The van der Waals surface area contributed by atoms with Crippen LogP contribution in [-0.2, 0) is 4.74 Å². The van der Waals surface area contributed by atoms with Crippen molar-refractivity contribution in [3.8, 4) is 0 Å². The van der Waals surface area contributed by atoms with E-state index >= 15 is 0 Å². The van der Waals surface area contributed by atoms with Gasteiger partial charge in [0.1, 0.15) is 0 Å². The van der Waals surface area contributed by atoms with Gasteiger partial charge in [-0.15, -0.1) is 12.4 Å². The summed E-state index contributed by atoms with van der Waals surface area (Å²) in [5.74, 6) is 0.936. The van der Waals surface area contributed by atoms with Crippen molar-refractivity contribution in [1.82, 2.24) is 10.2 Å². The number of ether oxygens (including phenoxy) is 1. The fourth-order valence-corrected chi connectivity index (χ4v) is 4.13. The summed E-state index contributed by atoms with van der Waals surface area (Å²) >= 11 is 0. The molecule has 0 bridgehead atoms. The maximum absolute atomic E-state index is 5.76. The SMILES string of the molecule is C1COCC2(C1)CCCN(CC1CCNCC1)C2.Cl. The van der Waals surface area contributed by atoms with Crippen LogP contribution in [0.1, 0.15) is 38.5 Å². The Balaban J connectivity index is 0.00000133. The van der Waals surface area contributed by atoms with Crippen LogP contribution in [0.2, 0.25) is 0 Å². The zero-order valence-corrected chi connectivity index (χ0v) is 12.8. The van der Waals surface area contributed by atoms with E-state index in [1.165, 1.54) is 71.2 Å². The maximum Gasteiger partial charge on any atom is 0.0534 e. The number of halogens is 1. The number of nitrogens with one attached hydrogen (secondary N) is 1. The normalized spacial score (nSPS) is 34.1. The molecule has 3 aliphatic rings. The van der Waals surface area contributed by atoms with E-state index in [9.17, 15) is 0 Å². The van der Waals surface area contributed by atoms with Crippen molar-refractivity contribution in [3.05, 3.63) is 0 Å². The molecule has 3 fully saturated rings. The lowest BCUT2D eigenvalue weighted by molar-refractivity contribution is -0.0519. The summed E-state index contributed by atoms with van der Waals surface area (Å²) in [6, 6.07) is 0. The molecule has 0 saturated carbocycles. The standard InChI is InChI=1S/C15H28N2O.ClH/c1-5-15(6-2-10-18-13-15)12-17(9-1)11-14-3-7-16-8-4-14;/h14,16H,1-13H2;1H. The second kappa shape index (κ2) is 7.26. The Bertz CT molecular complexity index is 257. The number of nitrogens with zero attached hydrogens (tertiary/aromatic N) is 1. The van der Waals surface area contributed by atoms with Crippen LogP contribution in [-0.4, -0.2) is 50.8 Å². The zero-order chi connectivity index (χ0) is 12.3. The molecule has 3 aliphatic heterocycles. The fourth-order valence-electron chi connectivity index (χ4n) is 4.13. The Morgan fingerprint density at radius 1 is 1.16 bits per heavy atom. The molecule has 112 valence electrons. The van der Waals surface area contributed by atoms with Crippen LogP contribution in [0.15, 0.2) is 0 Å². The highest BCUT2D eigenvalue weighted by Gasteiger charge is 2.37. The second-order valence-electron chi connectivity index (χ2n) is 6.69. The van der Waals surface area contributed by atoms with Crippen LogP contribution in [0.25, 0.3) is 0 Å². The number of hydrogen-bond acceptors (Lipinski definition) is 3. The summed E-state index contributed by atoms with van der Waals surface area (Å²) in [4.78, 5) is 2.74. The zero-order valence-electron chi connectivity index (χ0n) is 12.0. The van der Waals surface area contributed by atoms with Crippen molar-refractivity contribution in [2.75, 3.05) is 45.9 Å². The van der Waals surface area contributed by atoms with Gasteiger partial charge in [0.2, 0.25) is 0 Å². The molecule has 4 heteroatoms. The predicted octanol–water partition coefficient (Wildman–Crippen LogP) is 2.30. The lowest BCUT2D eigenvalue weighted by atomic mass is 9.75. The molecule has 3 nitrogen and oxygen atoms in total. The summed E-state index contributed by atoms with van der Waals surface area (Å²) in [6.07, 6.45) is 8.21. The molecule has 0 radical (unpaired) electrons. The minimum Gasteiger partial charge on any atom is -0.381 e. The third-order valence-corrected chi connectivity index (χ3v) is 5.12. The number of hydrogen-bond donors (Lipinski definition) is 1. The first-order valence-corrected chi connectivity index (χ1v) is 7.87. The van der Waals surface area contributed by atoms with E-state index in [0.29, 0.717) is 5.41 Å². The maximum atomic E-state index is 5.76. The molecule has 0 aromatic rings. The monoisotopic (exact) mass is 288 g/mol. The molecule has 0 aromatic carbocycles. The van der Waals surface area contributed by atoms with Gasteiger partial charge in [-0.05, 0) is 64.1 Å². The molecule has 1 unspecified atom stereocenters. The van der Waals surface area contributed by atoms with Gasteiger partial charge in [-0.2, -0.15) is 0 Å². The highest BCUT2D eigenvalue weighted by Crippen LogP contribution is 2.37. The molecule has 1 atom stereocenters. The van der Waals surface area contributed by atoms with E-state index in [2.05, 4.69) is 10.2 Å². The van der Waals surface area contributed by atoms with Gasteiger partial charge in [0.25, 0.3) is 0 Å². The lowest BCUT2D eigenvalue weighted by Crippen LogP contribution is -2.49. The van der Waals surface area contributed by atoms with E-state index in [4.69, 9.17) is 4.74 Å². The van der Waals surface area contributed by atoms with Crippen LogP contribution < -0.4 is 5.32 Å². The van der Waals surface area contributed by atoms with Gasteiger partial charge < -0.3 is 15.0 Å². The summed E-state index contributed by atoms with van der Waals surface area (Å²) < 4.78 is 5.76. The van der Waals surface area contributed by atoms with Gasteiger partial charge in [0.15, 0.2) is 0 Å². The van der Waals surface area contributed by atoms with Crippen molar-refractivity contribution in [3.63, 3.8) is 0 Å². The van der Waals surface area contributed by atoms with Crippen LogP contribution >= 0.6 is 12.4 Å². The molecule has 0 amide bonds.